The van der Waals surface area contributed by atoms with E-state index in [1.165, 1.54) is 12.1 Å². The van der Waals surface area contributed by atoms with Crippen LogP contribution in [-0.2, 0) is 7.05 Å². The molecule has 0 spiro atoms. The van der Waals surface area contributed by atoms with Gasteiger partial charge in [0.05, 0.1) is 11.3 Å². The average molecular weight is 316 g/mol. The first-order chi connectivity index (χ1) is 10.9. The summed E-state index contributed by atoms with van der Waals surface area (Å²) in [4.78, 5) is 14.6. The molecule has 0 radical (unpaired) electrons. The molecular weight excluding hydrogens is 295 g/mol. The summed E-state index contributed by atoms with van der Waals surface area (Å²) < 4.78 is 15.2. The van der Waals surface area contributed by atoms with Gasteiger partial charge in [-0.15, -0.1) is 0 Å². The summed E-state index contributed by atoms with van der Waals surface area (Å²) >= 11 is 0. The molecule has 23 heavy (non-hydrogen) atoms. The second kappa shape index (κ2) is 5.77. The maximum Gasteiger partial charge on any atom is 0.257 e. The van der Waals surface area contributed by atoms with Gasteiger partial charge in [0.15, 0.2) is 0 Å². The number of aromatic nitrogens is 2. The number of carbonyl (C=O) groups is 1. The molecule has 122 valence electrons. The van der Waals surface area contributed by atoms with Crippen LogP contribution in [0.25, 0.3) is 0 Å². The standard InChI is InChI=1S/C17H21FN4O/c1-10-16(11(2)21(3)20-10)17(23)22-8-14(15(19)9-22)12-5-4-6-13(18)7-12/h4-7,14-15H,8-9,19H2,1-3H3/t14-,15+/m0/s1. The van der Waals surface area contributed by atoms with Gasteiger partial charge in [0.2, 0.25) is 0 Å². The summed E-state index contributed by atoms with van der Waals surface area (Å²) in [7, 11) is 1.82. The quantitative estimate of drug-likeness (QED) is 0.918. The molecule has 1 aliphatic heterocycles. The Morgan fingerprint density at radius 1 is 1.35 bits per heavy atom. The van der Waals surface area contributed by atoms with Crippen molar-refractivity contribution in [1.29, 1.82) is 0 Å². The summed E-state index contributed by atoms with van der Waals surface area (Å²) in [5.74, 6) is -0.382. The number of benzene rings is 1. The van der Waals surface area contributed by atoms with Crippen molar-refractivity contribution in [2.75, 3.05) is 13.1 Å². The molecular formula is C17H21FN4O. The normalized spacial score (nSPS) is 21.0. The summed E-state index contributed by atoms with van der Waals surface area (Å²) in [6.07, 6.45) is 0. The third-order valence-corrected chi connectivity index (χ3v) is 4.65. The molecule has 1 aliphatic rings. The van der Waals surface area contributed by atoms with Gasteiger partial charge in [-0.25, -0.2) is 4.39 Å². The monoisotopic (exact) mass is 316 g/mol. The van der Waals surface area contributed by atoms with Crippen molar-refractivity contribution < 1.29 is 9.18 Å². The smallest absolute Gasteiger partial charge is 0.257 e. The molecule has 3 rings (SSSR count). The van der Waals surface area contributed by atoms with E-state index in [9.17, 15) is 9.18 Å². The molecule has 1 amide bonds. The fourth-order valence-corrected chi connectivity index (χ4v) is 3.33. The van der Waals surface area contributed by atoms with E-state index in [1.807, 2.05) is 27.0 Å². The van der Waals surface area contributed by atoms with Crippen LogP contribution in [0, 0.1) is 19.7 Å². The number of likely N-dealkylation sites (tertiary alicyclic amines) is 1. The molecule has 6 heteroatoms. The van der Waals surface area contributed by atoms with Crippen molar-refractivity contribution in [2.45, 2.75) is 25.8 Å². The Labute approximate surface area is 134 Å². The highest BCUT2D eigenvalue weighted by Gasteiger charge is 2.35. The van der Waals surface area contributed by atoms with Gasteiger partial charge in [0.1, 0.15) is 5.82 Å². The molecule has 1 aromatic carbocycles. The lowest BCUT2D eigenvalue weighted by Crippen LogP contribution is -2.32. The van der Waals surface area contributed by atoms with Gasteiger partial charge >= 0.3 is 0 Å². The van der Waals surface area contributed by atoms with E-state index in [4.69, 9.17) is 5.73 Å². The zero-order valence-corrected chi connectivity index (χ0v) is 13.6. The Morgan fingerprint density at radius 2 is 2.09 bits per heavy atom. The second-order valence-electron chi connectivity index (χ2n) is 6.20. The van der Waals surface area contributed by atoms with Crippen LogP contribution in [0.4, 0.5) is 4.39 Å². The van der Waals surface area contributed by atoms with Gasteiger partial charge in [-0.2, -0.15) is 5.10 Å². The van der Waals surface area contributed by atoms with E-state index >= 15 is 0 Å². The fourth-order valence-electron chi connectivity index (χ4n) is 3.33. The molecule has 0 bridgehead atoms. The number of hydrogen-bond donors (Lipinski definition) is 1. The molecule has 5 nitrogen and oxygen atoms in total. The molecule has 2 aromatic rings. The van der Waals surface area contributed by atoms with Gasteiger partial charge < -0.3 is 10.6 Å². The predicted octanol–water partition coefficient (Wildman–Crippen LogP) is 1.74. The van der Waals surface area contributed by atoms with E-state index in [2.05, 4.69) is 5.10 Å². The average Bonchev–Trinajstić information content (AvgIpc) is 2.99. The summed E-state index contributed by atoms with van der Waals surface area (Å²) in [6.45, 7) is 4.68. The summed E-state index contributed by atoms with van der Waals surface area (Å²) in [5, 5.41) is 4.30. The fraction of sp³-hybridized carbons (Fsp3) is 0.412. The minimum atomic E-state index is -0.279. The van der Waals surface area contributed by atoms with Gasteiger partial charge in [-0.3, -0.25) is 9.48 Å². The van der Waals surface area contributed by atoms with Crippen LogP contribution in [0.2, 0.25) is 0 Å². The highest BCUT2D eigenvalue weighted by Crippen LogP contribution is 2.28. The Balaban J connectivity index is 1.85. The molecule has 1 fully saturated rings. The van der Waals surface area contributed by atoms with E-state index < -0.39 is 0 Å². The molecule has 2 atom stereocenters. The van der Waals surface area contributed by atoms with Crippen molar-refractivity contribution in [1.82, 2.24) is 14.7 Å². The first-order valence-electron chi connectivity index (χ1n) is 7.69. The van der Waals surface area contributed by atoms with Crippen LogP contribution in [-0.4, -0.2) is 39.7 Å². The summed E-state index contributed by atoms with van der Waals surface area (Å²) in [6, 6.07) is 6.26. The summed E-state index contributed by atoms with van der Waals surface area (Å²) in [5.41, 5.74) is 9.25. The first kappa shape index (κ1) is 15.7. The van der Waals surface area contributed by atoms with E-state index in [0.717, 1.165) is 17.0 Å². The molecule has 1 aromatic heterocycles. The Morgan fingerprint density at radius 3 is 2.70 bits per heavy atom. The minimum Gasteiger partial charge on any atom is -0.336 e. The van der Waals surface area contributed by atoms with Crippen LogP contribution in [0.5, 0.6) is 0 Å². The molecule has 0 aliphatic carbocycles. The number of nitrogens with two attached hydrogens (primary N) is 1. The SMILES string of the molecule is Cc1nn(C)c(C)c1C(=O)N1C[C@@H](N)[C@H](c2cccc(F)c2)C1. The van der Waals surface area contributed by atoms with Crippen LogP contribution < -0.4 is 5.73 Å². The van der Waals surface area contributed by atoms with Gasteiger partial charge in [-0.05, 0) is 31.5 Å². The van der Waals surface area contributed by atoms with Crippen molar-refractivity contribution in [3.63, 3.8) is 0 Å². The lowest BCUT2D eigenvalue weighted by atomic mass is 9.95. The van der Waals surface area contributed by atoms with Crippen LogP contribution in [0.1, 0.15) is 33.2 Å². The van der Waals surface area contributed by atoms with Crippen LogP contribution in [0.3, 0.4) is 0 Å². The molecule has 2 heterocycles. The lowest BCUT2D eigenvalue weighted by molar-refractivity contribution is 0.0787. The minimum absolute atomic E-state index is 0.0491. The van der Waals surface area contributed by atoms with Crippen LogP contribution >= 0.6 is 0 Å². The van der Waals surface area contributed by atoms with E-state index in [1.54, 1.807) is 15.6 Å². The number of hydrogen-bond acceptors (Lipinski definition) is 3. The molecule has 1 saturated heterocycles. The Hall–Kier alpha value is -2.21. The van der Waals surface area contributed by atoms with Crippen LogP contribution in [0.15, 0.2) is 24.3 Å². The third kappa shape index (κ3) is 2.74. The second-order valence-corrected chi connectivity index (χ2v) is 6.20. The van der Waals surface area contributed by atoms with Gasteiger partial charge in [0, 0.05) is 37.8 Å². The maximum atomic E-state index is 13.4. The topological polar surface area (TPSA) is 64.2 Å². The first-order valence-corrected chi connectivity index (χ1v) is 7.69. The van der Waals surface area contributed by atoms with E-state index in [-0.39, 0.29) is 23.7 Å². The van der Waals surface area contributed by atoms with Crippen molar-refractivity contribution in [3.8, 4) is 0 Å². The number of rotatable bonds is 2. The number of halogens is 1. The van der Waals surface area contributed by atoms with Gasteiger partial charge in [-0.1, -0.05) is 12.1 Å². The number of amides is 1. The zero-order valence-electron chi connectivity index (χ0n) is 13.6. The zero-order chi connectivity index (χ0) is 16.7. The van der Waals surface area contributed by atoms with Gasteiger partial charge in [0.25, 0.3) is 5.91 Å². The Bertz CT molecular complexity index is 755. The molecule has 0 saturated carbocycles. The predicted molar refractivity (Wildman–Crippen MR) is 85.7 cm³/mol. The molecule has 0 unspecified atom stereocenters. The number of nitrogens with zero attached hydrogens (tertiary/aromatic N) is 3. The highest BCUT2D eigenvalue weighted by atomic mass is 19.1. The van der Waals surface area contributed by atoms with E-state index in [0.29, 0.717) is 18.7 Å². The highest BCUT2D eigenvalue weighted by molar-refractivity contribution is 5.96. The Kier molecular flexibility index (Phi) is 3.93. The maximum absolute atomic E-state index is 13.4. The lowest BCUT2D eigenvalue weighted by Gasteiger charge is -2.17. The number of carbonyl (C=O) groups excluding carboxylic acids is 1. The van der Waals surface area contributed by atoms with Crippen molar-refractivity contribution >= 4 is 5.91 Å². The molecule has 2 N–H and O–H groups in total. The largest absolute Gasteiger partial charge is 0.336 e. The van der Waals surface area contributed by atoms with Crippen molar-refractivity contribution in [2.24, 2.45) is 12.8 Å². The third-order valence-electron chi connectivity index (χ3n) is 4.65. The number of aryl methyl sites for hydroxylation is 2. The van der Waals surface area contributed by atoms with Crippen molar-refractivity contribution in [3.05, 3.63) is 52.6 Å².